The fraction of sp³-hybridized carbons (Fsp3) is 0.343. The largest absolute Gasteiger partial charge is 0.337 e. The summed E-state index contributed by atoms with van der Waals surface area (Å²) in [7, 11) is 0. The van der Waals surface area contributed by atoms with Crippen LogP contribution >= 0.6 is 11.3 Å². The van der Waals surface area contributed by atoms with Crippen LogP contribution in [0.5, 0.6) is 0 Å². The second kappa shape index (κ2) is 16.5. The van der Waals surface area contributed by atoms with E-state index in [0.29, 0.717) is 12.0 Å². The summed E-state index contributed by atoms with van der Waals surface area (Å²) in [6, 6.07) is 55.8. The molecule has 4 aliphatic rings. The van der Waals surface area contributed by atoms with Gasteiger partial charge in [0.1, 0.15) is 0 Å². The Morgan fingerprint density at radius 3 is 1.81 bits per heavy atom. The molecule has 7 aromatic carbocycles. The molecule has 3 aliphatic heterocycles. The molecule has 0 radical (unpaired) electrons. The molecule has 0 saturated heterocycles. The van der Waals surface area contributed by atoms with Crippen LogP contribution < -0.4 is 30.4 Å². The minimum Gasteiger partial charge on any atom is -0.337 e. The fourth-order valence-electron chi connectivity index (χ4n) is 13.3. The van der Waals surface area contributed by atoms with Crippen molar-refractivity contribution < 1.29 is 0 Å². The Hall–Kier alpha value is -6.04. The Balaban J connectivity index is 1.21. The number of anilines is 8. The summed E-state index contributed by atoms with van der Waals surface area (Å²) < 4.78 is 2.80. The van der Waals surface area contributed by atoms with E-state index in [4.69, 9.17) is 0 Å². The van der Waals surface area contributed by atoms with Crippen molar-refractivity contribution in [3.8, 4) is 0 Å². The summed E-state index contributed by atoms with van der Waals surface area (Å²) in [5.74, 6) is 0.461. The molecule has 0 saturated carbocycles. The maximum Gasteiger partial charge on any atom is 0.264 e. The van der Waals surface area contributed by atoms with Gasteiger partial charge >= 0.3 is 0 Å². The number of fused-ring (bicyclic) bond motifs is 9. The van der Waals surface area contributed by atoms with Crippen molar-refractivity contribution in [2.24, 2.45) is 0 Å². The maximum atomic E-state index is 2.75. The minimum absolute atomic E-state index is 0.0202. The SMILES string of the molecule is CCCC1c2ccccc2N(c2cc3c4c(c2)N(c2ccc(C(C)(C)C)cc2)c2c(sc5cc6c(cc25)Cc2ccccc2C6(C)C)B4c2cc(C(C)(C)C)ccc2N3c2ccc(C(C)(C)C)cc2)C1CC. The maximum absolute atomic E-state index is 2.75. The fourth-order valence-corrected chi connectivity index (χ4v) is 14.7. The normalized spacial score (nSPS) is 17.6. The Kier molecular flexibility index (Phi) is 10.8. The van der Waals surface area contributed by atoms with Crippen LogP contribution in [0.15, 0.2) is 140 Å². The van der Waals surface area contributed by atoms with E-state index in [1.165, 1.54) is 122 Å². The molecule has 0 N–H and O–H groups in total. The zero-order chi connectivity index (χ0) is 50.4. The van der Waals surface area contributed by atoms with Crippen molar-refractivity contribution in [3.05, 3.63) is 184 Å². The molecule has 0 fully saturated rings. The molecular weight excluding hydrogens is 890 g/mol. The third kappa shape index (κ3) is 7.18. The summed E-state index contributed by atoms with van der Waals surface area (Å²) >= 11 is 2.04. The van der Waals surface area contributed by atoms with E-state index in [1.54, 1.807) is 0 Å². The molecule has 2 unspecified atom stereocenters. The van der Waals surface area contributed by atoms with Crippen molar-refractivity contribution in [3.63, 3.8) is 0 Å². The lowest BCUT2D eigenvalue weighted by atomic mass is 9.36. The van der Waals surface area contributed by atoms with Crippen LogP contribution in [0.1, 0.15) is 160 Å². The zero-order valence-electron chi connectivity index (χ0n) is 45.1. The first-order valence-corrected chi connectivity index (χ1v) is 27.8. The van der Waals surface area contributed by atoms with Gasteiger partial charge in [-0.3, -0.25) is 0 Å². The molecule has 12 rings (SSSR count). The highest BCUT2D eigenvalue weighted by Crippen LogP contribution is 2.55. The van der Waals surface area contributed by atoms with Crippen LogP contribution in [-0.2, 0) is 28.1 Å². The number of rotatable bonds is 6. The van der Waals surface area contributed by atoms with Gasteiger partial charge in [-0.15, -0.1) is 11.3 Å². The van der Waals surface area contributed by atoms with Crippen molar-refractivity contribution in [1.29, 1.82) is 0 Å². The number of hydrogen-bond donors (Lipinski definition) is 0. The van der Waals surface area contributed by atoms with Crippen LogP contribution in [0.2, 0.25) is 0 Å². The van der Waals surface area contributed by atoms with Gasteiger partial charge in [0.05, 0.1) is 5.69 Å². The average Bonchev–Trinajstić information content (AvgIpc) is 3.87. The Bertz CT molecular complexity index is 3450. The molecule has 364 valence electrons. The first-order chi connectivity index (χ1) is 34.3. The number of benzene rings is 7. The molecule has 5 heteroatoms. The monoisotopic (exact) mass is 962 g/mol. The number of para-hydroxylation sites is 1. The van der Waals surface area contributed by atoms with Gasteiger partial charge in [0, 0.05) is 72.0 Å². The van der Waals surface area contributed by atoms with Gasteiger partial charge in [-0.05, 0) is 152 Å². The van der Waals surface area contributed by atoms with E-state index in [-0.39, 0.29) is 28.4 Å². The van der Waals surface area contributed by atoms with Crippen molar-refractivity contribution in [2.75, 3.05) is 14.7 Å². The first-order valence-electron chi connectivity index (χ1n) is 27.0. The second-order valence-corrected chi connectivity index (χ2v) is 26.3. The van der Waals surface area contributed by atoms with Gasteiger partial charge in [-0.2, -0.15) is 0 Å². The van der Waals surface area contributed by atoms with Crippen LogP contribution in [-0.4, -0.2) is 12.8 Å². The lowest BCUT2D eigenvalue weighted by Crippen LogP contribution is -2.60. The van der Waals surface area contributed by atoms with Crippen LogP contribution in [0.4, 0.5) is 45.5 Å². The summed E-state index contributed by atoms with van der Waals surface area (Å²) in [4.78, 5) is 8.09. The van der Waals surface area contributed by atoms with E-state index in [0.717, 1.165) is 19.3 Å². The van der Waals surface area contributed by atoms with Gasteiger partial charge in [0.2, 0.25) is 0 Å². The van der Waals surface area contributed by atoms with Crippen LogP contribution in [0, 0.1) is 0 Å². The predicted molar refractivity (Wildman–Crippen MR) is 314 cm³/mol. The van der Waals surface area contributed by atoms with Gasteiger partial charge in [0.15, 0.2) is 0 Å². The van der Waals surface area contributed by atoms with Crippen molar-refractivity contribution in [2.45, 2.75) is 149 Å². The highest BCUT2D eigenvalue weighted by Gasteiger charge is 2.48. The third-order valence-corrected chi connectivity index (χ3v) is 18.4. The van der Waals surface area contributed by atoms with Gasteiger partial charge in [0.25, 0.3) is 6.71 Å². The number of hydrogen-bond acceptors (Lipinski definition) is 4. The topological polar surface area (TPSA) is 9.72 Å². The lowest BCUT2D eigenvalue weighted by molar-refractivity contribution is 0.506. The minimum atomic E-state index is -0.115. The average molecular weight is 962 g/mol. The van der Waals surface area contributed by atoms with E-state index >= 15 is 0 Å². The van der Waals surface area contributed by atoms with Crippen molar-refractivity contribution >= 4 is 89.3 Å². The molecule has 3 nitrogen and oxygen atoms in total. The molecule has 4 heterocycles. The summed E-state index contributed by atoms with van der Waals surface area (Å²) in [6.07, 6.45) is 4.33. The number of thiophene rings is 1. The van der Waals surface area contributed by atoms with E-state index in [9.17, 15) is 0 Å². The molecule has 0 spiro atoms. The first kappa shape index (κ1) is 47.0. The predicted octanol–water partition coefficient (Wildman–Crippen LogP) is 16.9. The molecule has 1 aliphatic carbocycles. The molecular formula is C67H72BN3S. The third-order valence-electron chi connectivity index (χ3n) is 17.2. The Labute approximate surface area is 435 Å². The van der Waals surface area contributed by atoms with Gasteiger partial charge in [-0.1, -0.05) is 175 Å². The Morgan fingerprint density at radius 2 is 1.17 bits per heavy atom. The van der Waals surface area contributed by atoms with Gasteiger partial charge < -0.3 is 14.7 Å². The summed E-state index contributed by atoms with van der Waals surface area (Å²) in [5, 5.41) is 1.36. The molecule has 2 atom stereocenters. The summed E-state index contributed by atoms with van der Waals surface area (Å²) in [5.41, 5.74) is 24.2. The quantitative estimate of drug-likeness (QED) is 0.154. The number of nitrogens with zero attached hydrogens (tertiary/aromatic N) is 3. The smallest absolute Gasteiger partial charge is 0.264 e. The molecule has 0 bridgehead atoms. The summed E-state index contributed by atoms with van der Waals surface area (Å²) in [6.45, 7) is 30.7. The molecule has 8 aromatic rings. The standard InChI is InChI=1S/C67H72BN3S/c1-14-20-49-50-22-17-19-24-56(50)70(55(49)15-2)48-38-58-61-59(39-48)71(47-32-27-44(28-33-47)65(6,7)8)62-51-36-42-35-41-21-16-18-23-52(41)67(12,13)53(42)40-60(51)72-63(62)68(61)54-37-45(66(9,10)11)29-34-57(54)69(58)46-30-25-43(26-31-46)64(3,4)5/h16-19,21-34,36-40,49,55H,14-15,20,35H2,1-13H3. The Morgan fingerprint density at radius 1 is 0.569 bits per heavy atom. The zero-order valence-corrected chi connectivity index (χ0v) is 45.9. The highest BCUT2D eigenvalue weighted by atomic mass is 32.1. The highest BCUT2D eigenvalue weighted by molar-refractivity contribution is 7.33. The molecule has 0 amide bonds. The van der Waals surface area contributed by atoms with Crippen LogP contribution in [0.25, 0.3) is 10.1 Å². The van der Waals surface area contributed by atoms with Crippen molar-refractivity contribution in [1.82, 2.24) is 0 Å². The lowest BCUT2D eigenvalue weighted by Gasteiger charge is -2.44. The van der Waals surface area contributed by atoms with E-state index in [1.807, 2.05) is 11.3 Å². The van der Waals surface area contributed by atoms with Crippen LogP contribution in [0.3, 0.4) is 0 Å². The van der Waals surface area contributed by atoms with Gasteiger partial charge in [-0.25, -0.2) is 0 Å². The van der Waals surface area contributed by atoms with E-state index in [2.05, 4.69) is 244 Å². The molecule has 72 heavy (non-hydrogen) atoms. The van der Waals surface area contributed by atoms with E-state index < -0.39 is 0 Å². The molecule has 1 aromatic heterocycles. The second-order valence-electron chi connectivity index (χ2n) is 25.2.